The summed E-state index contributed by atoms with van der Waals surface area (Å²) in [6.07, 6.45) is 9.21. The largest absolute Gasteiger partial charge is 0.152 e. The van der Waals surface area contributed by atoms with Crippen LogP contribution in [0.5, 0.6) is 0 Å². The van der Waals surface area contributed by atoms with Gasteiger partial charge in [-0.2, -0.15) is 11.3 Å². The van der Waals surface area contributed by atoms with E-state index in [2.05, 4.69) is 16.8 Å². The summed E-state index contributed by atoms with van der Waals surface area (Å²) in [7, 11) is 0. The van der Waals surface area contributed by atoms with Gasteiger partial charge in [0.1, 0.15) is 0 Å². The molecule has 1 aromatic heterocycles. The summed E-state index contributed by atoms with van der Waals surface area (Å²) < 4.78 is 0. The van der Waals surface area contributed by atoms with Crippen molar-refractivity contribution >= 4 is 11.3 Å². The summed E-state index contributed by atoms with van der Waals surface area (Å²) in [6, 6.07) is 2.40. The maximum atomic E-state index is 2.42. The highest BCUT2D eigenvalue weighted by Crippen LogP contribution is 2.60. The predicted octanol–water partition coefficient (Wildman–Crippen LogP) is 4.22. The lowest BCUT2D eigenvalue weighted by molar-refractivity contribution is -0.00499. The van der Waals surface area contributed by atoms with Crippen molar-refractivity contribution in [1.82, 2.24) is 0 Å². The third-order valence-corrected chi connectivity index (χ3v) is 5.86. The fourth-order valence-corrected chi connectivity index (χ4v) is 5.81. The molecular weight excluding hydrogens is 200 g/mol. The Morgan fingerprint density at radius 2 is 1.60 bits per heavy atom. The van der Waals surface area contributed by atoms with Gasteiger partial charge in [-0.3, -0.25) is 0 Å². The third kappa shape index (κ3) is 1.19. The van der Waals surface area contributed by atoms with Crippen LogP contribution in [-0.4, -0.2) is 0 Å². The molecule has 1 heteroatoms. The van der Waals surface area contributed by atoms with Crippen LogP contribution in [0.15, 0.2) is 16.8 Å². The average molecular weight is 218 g/mol. The Hall–Kier alpha value is -0.300. The molecule has 0 amide bonds. The van der Waals surface area contributed by atoms with Crippen LogP contribution < -0.4 is 0 Å². The van der Waals surface area contributed by atoms with Crippen molar-refractivity contribution in [3.63, 3.8) is 0 Å². The lowest BCUT2D eigenvalue weighted by Crippen LogP contribution is -2.48. The molecule has 1 heterocycles. The SMILES string of the molecule is c1cc(C23CC4CC(CC(C4)C2)C3)cs1. The van der Waals surface area contributed by atoms with Crippen LogP contribution in [0.3, 0.4) is 0 Å². The van der Waals surface area contributed by atoms with Crippen molar-refractivity contribution in [1.29, 1.82) is 0 Å². The molecule has 1 aromatic rings. The molecule has 15 heavy (non-hydrogen) atoms. The Bertz CT molecular complexity index is 327. The van der Waals surface area contributed by atoms with Gasteiger partial charge in [-0.25, -0.2) is 0 Å². The minimum atomic E-state index is 0.634. The van der Waals surface area contributed by atoms with Crippen LogP contribution in [0.2, 0.25) is 0 Å². The molecule has 0 spiro atoms. The Morgan fingerprint density at radius 3 is 2.07 bits per heavy atom. The Balaban J connectivity index is 1.77. The zero-order valence-corrected chi connectivity index (χ0v) is 9.93. The van der Waals surface area contributed by atoms with Crippen molar-refractivity contribution < 1.29 is 0 Å². The molecule has 0 aromatic carbocycles. The molecule has 4 bridgehead atoms. The van der Waals surface area contributed by atoms with E-state index in [9.17, 15) is 0 Å². The highest BCUT2D eigenvalue weighted by molar-refractivity contribution is 7.08. The molecule has 0 N–H and O–H groups in total. The molecule has 4 aliphatic rings. The second kappa shape index (κ2) is 2.88. The molecule has 0 radical (unpaired) electrons. The lowest BCUT2D eigenvalue weighted by Gasteiger charge is -2.56. The molecule has 80 valence electrons. The Labute approximate surface area is 95.7 Å². The Morgan fingerprint density at radius 1 is 1.00 bits per heavy atom. The number of thiophene rings is 1. The standard InChI is InChI=1S/C14H18S/c1-2-15-9-13(1)14-6-10-3-11(7-14)5-12(4-10)8-14/h1-2,9-12H,3-8H2. The zero-order valence-electron chi connectivity index (χ0n) is 9.11. The van der Waals surface area contributed by atoms with Crippen LogP contribution in [0.1, 0.15) is 44.1 Å². The van der Waals surface area contributed by atoms with Crippen molar-refractivity contribution in [3.05, 3.63) is 22.4 Å². The molecule has 0 unspecified atom stereocenters. The van der Waals surface area contributed by atoms with E-state index in [4.69, 9.17) is 0 Å². The first-order valence-corrected chi connectivity index (χ1v) is 7.31. The van der Waals surface area contributed by atoms with Gasteiger partial charge in [0.15, 0.2) is 0 Å². The van der Waals surface area contributed by atoms with Crippen LogP contribution in [0, 0.1) is 17.8 Å². The van der Waals surface area contributed by atoms with Gasteiger partial charge in [0.25, 0.3) is 0 Å². The van der Waals surface area contributed by atoms with E-state index in [1.165, 1.54) is 19.3 Å². The van der Waals surface area contributed by atoms with Crippen molar-refractivity contribution in [2.75, 3.05) is 0 Å². The van der Waals surface area contributed by atoms with Crippen LogP contribution in [-0.2, 0) is 5.41 Å². The van der Waals surface area contributed by atoms with Crippen molar-refractivity contribution in [2.45, 2.75) is 43.9 Å². The summed E-state index contributed by atoms with van der Waals surface area (Å²) in [6.45, 7) is 0. The number of hydrogen-bond donors (Lipinski definition) is 0. The normalized spacial score (nSPS) is 47.3. The van der Waals surface area contributed by atoms with E-state index < -0.39 is 0 Å². The van der Waals surface area contributed by atoms with E-state index in [1.54, 1.807) is 24.8 Å². The van der Waals surface area contributed by atoms with Gasteiger partial charge in [0.2, 0.25) is 0 Å². The van der Waals surface area contributed by atoms with Crippen LogP contribution >= 0.6 is 11.3 Å². The van der Waals surface area contributed by atoms with Gasteiger partial charge >= 0.3 is 0 Å². The fourth-order valence-electron chi connectivity index (χ4n) is 5.03. The lowest BCUT2D eigenvalue weighted by atomic mass is 9.48. The maximum absolute atomic E-state index is 2.42. The van der Waals surface area contributed by atoms with Crippen LogP contribution in [0.4, 0.5) is 0 Å². The molecule has 0 atom stereocenters. The quantitative estimate of drug-likeness (QED) is 0.662. The van der Waals surface area contributed by atoms with E-state index in [1.807, 2.05) is 11.3 Å². The van der Waals surface area contributed by atoms with Gasteiger partial charge < -0.3 is 0 Å². The van der Waals surface area contributed by atoms with Crippen LogP contribution in [0.25, 0.3) is 0 Å². The minimum absolute atomic E-state index is 0.634. The van der Waals surface area contributed by atoms with E-state index in [-0.39, 0.29) is 0 Å². The summed E-state index contributed by atoms with van der Waals surface area (Å²) >= 11 is 1.89. The third-order valence-electron chi connectivity index (χ3n) is 5.17. The smallest absolute Gasteiger partial charge is 0.00308 e. The van der Waals surface area contributed by atoms with Crippen molar-refractivity contribution in [3.8, 4) is 0 Å². The van der Waals surface area contributed by atoms with Gasteiger partial charge in [0, 0.05) is 0 Å². The fraction of sp³-hybridized carbons (Fsp3) is 0.714. The molecular formula is C14H18S. The Kier molecular flexibility index (Phi) is 1.69. The number of hydrogen-bond acceptors (Lipinski definition) is 1. The van der Waals surface area contributed by atoms with Gasteiger partial charge in [0.05, 0.1) is 0 Å². The van der Waals surface area contributed by atoms with E-state index >= 15 is 0 Å². The van der Waals surface area contributed by atoms with Gasteiger partial charge in [-0.15, -0.1) is 0 Å². The zero-order chi connectivity index (χ0) is 9.88. The first-order valence-electron chi connectivity index (χ1n) is 6.37. The molecule has 0 aliphatic heterocycles. The second-order valence-corrected chi connectivity index (χ2v) is 6.99. The maximum Gasteiger partial charge on any atom is -0.00308 e. The summed E-state index contributed by atoms with van der Waals surface area (Å²) in [5, 5.41) is 4.70. The topological polar surface area (TPSA) is 0 Å². The summed E-state index contributed by atoms with van der Waals surface area (Å²) in [5.41, 5.74) is 2.32. The summed E-state index contributed by atoms with van der Waals surface area (Å²) in [4.78, 5) is 0. The molecule has 0 nitrogen and oxygen atoms in total. The first-order chi connectivity index (χ1) is 7.34. The highest BCUT2D eigenvalue weighted by Gasteiger charge is 2.51. The van der Waals surface area contributed by atoms with E-state index in [0.29, 0.717) is 5.41 Å². The van der Waals surface area contributed by atoms with Gasteiger partial charge in [-0.1, -0.05) is 0 Å². The molecule has 4 fully saturated rings. The average Bonchev–Trinajstić information content (AvgIpc) is 2.67. The van der Waals surface area contributed by atoms with Gasteiger partial charge in [-0.05, 0) is 84.1 Å². The molecule has 4 saturated carbocycles. The number of rotatable bonds is 1. The van der Waals surface area contributed by atoms with Crippen molar-refractivity contribution in [2.24, 2.45) is 17.8 Å². The molecule has 5 rings (SSSR count). The molecule has 4 aliphatic carbocycles. The second-order valence-electron chi connectivity index (χ2n) is 6.21. The predicted molar refractivity (Wildman–Crippen MR) is 64.2 cm³/mol. The highest BCUT2D eigenvalue weighted by atomic mass is 32.1. The summed E-state index contributed by atoms with van der Waals surface area (Å²) in [5.74, 6) is 3.24. The monoisotopic (exact) mass is 218 g/mol. The minimum Gasteiger partial charge on any atom is -0.152 e. The molecule has 0 saturated heterocycles. The van der Waals surface area contributed by atoms with E-state index in [0.717, 1.165) is 17.8 Å². The first kappa shape index (κ1) is 8.81.